The summed E-state index contributed by atoms with van der Waals surface area (Å²) in [5.74, 6) is -4.40. The van der Waals surface area contributed by atoms with Gasteiger partial charge in [-0.15, -0.1) is 0 Å². The standard InChI is InChI=1S/C16H10O6/c1-8(2)15(21)14-11(19)5-6-12(20)16(14)22-13-7-9(17)3-4-10(13)18/h3-7H,1H2,2H3. The van der Waals surface area contributed by atoms with Crippen LogP contribution in [0.3, 0.4) is 0 Å². The second kappa shape index (κ2) is 5.69. The summed E-state index contributed by atoms with van der Waals surface area (Å²) in [4.78, 5) is 58.7. The second-order valence-corrected chi connectivity index (χ2v) is 4.59. The minimum absolute atomic E-state index is 0.0347. The number of ether oxygens (including phenoxy) is 1. The average Bonchev–Trinajstić information content (AvgIpc) is 2.46. The first-order valence-corrected chi connectivity index (χ1v) is 6.18. The molecule has 0 fully saturated rings. The quantitative estimate of drug-likeness (QED) is 0.431. The highest BCUT2D eigenvalue weighted by molar-refractivity contribution is 6.35. The first-order chi connectivity index (χ1) is 10.3. The average molecular weight is 298 g/mol. The molecule has 0 bridgehead atoms. The third-order valence-corrected chi connectivity index (χ3v) is 2.83. The Morgan fingerprint density at radius 2 is 1.55 bits per heavy atom. The van der Waals surface area contributed by atoms with Gasteiger partial charge in [0.2, 0.25) is 11.6 Å². The van der Waals surface area contributed by atoms with Crippen LogP contribution < -0.4 is 0 Å². The van der Waals surface area contributed by atoms with Crippen molar-refractivity contribution in [3.8, 4) is 0 Å². The Balaban J connectivity index is 2.49. The fourth-order valence-electron chi connectivity index (χ4n) is 1.75. The lowest BCUT2D eigenvalue weighted by Crippen LogP contribution is -2.24. The normalized spacial score (nSPS) is 17.8. The Bertz CT molecular complexity index is 770. The summed E-state index contributed by atoms with van der Waals surface area (Å²) < 4.78 is 5.12. The van der Waals surface area contributed by atoms with E-state index < -0.39 is 46.0 Å². The molecule has 0 aliphatic heterocycles. The van der Waals surface area contributed by atoms with E-state index in [9.17, 15) is 24.0 Å². The third kappa shape index (κ3) is 2.80. The van der Waals surface area contributed by atoms with Crippen LogP contribution in [-0.2, 0) is 28.7 Å². The molecule has 0 radical (unpaired) electrons. The molecule has 0 aromatic heterocycles. The number of Topliss-reactive ketones (excluding diaryl/α,β-unsaturated/α-hetero) is 1. The Morgan fingerprint density at radius 1 is 0.955 bits per heavy atom. The SMILES string of the molecule is C=C(C)C(=O)C1=C(OC2=CC(=O)C=CC2=O)C(=O)C=CC1=O. The lowest BCUT2D eigenvalue weighted by atomic mass is 9.94. The molecule has 0 saturated heterocycles. The van der Waals surface area contributed by atoms with Crippen LogP contribution >= 0.6 is 0 Å². The molecule has 0 atom stereocenters. The predicted molar refractivity (Wildman–Crippen MR) is 74.3 cm³/mol. The molecule has 0 aromatic carbocycles. The third-order valence-electron chi connectivity index (χ3n) is 2.83. The van der Waals surface area contributed by atoms with E-state index in [2.05, 4.69) is 6.58 Å². The van der Waals surface area contributed by atoms with Crippen molar-refractivity contribution in [1.82, 2.24) is 0 Å². The van der Waals surface area contributed by atoms with Crippen LogP contribution in [0, 0.1) is 0 Å². The van der Waals surface area contributed by atoms with Crippen molar-refractivity contribution in [3.05, 3.63) is 59.6 Å². The fourth-order valence-corrected chi connectivity index (χ4v) is 1.75. The maximum atomic E-state index is 12.0. The van der Waals surface area contributed by atoms with Crippen molar-refractivity contribution >= 4 is 28.9 Å². The summed E-state index contributed by atoms with van der Waals surface area (Å²) in [7, 11) is 0. The van der Waals surface area contributed by atoms with Gasteiger partial charge in [-0.05, 0) is 36.8 Å². The van der Waals surface area contributed by atoms with Crippen molar-refractivity contribution in [2.75, 3.05) is 0 Å². The van der Waals surface area contributed by atoms with E-state index in [1.54, 1.807) is 0 Å². The summed E-state index contributed by atoms with van der Waals surface area (Å²) in [5.41, 5.74) is -0.469. The monoisotopic (exact) mass is 298 g/mol. The second-order valence-electron chi connectivity index (χ2n) is 4.59. The maximum Gasteiger partial charge on any atom is 0.222 e. The van der Waals surface area contributed by atoms with E-state index in [1.807, 2.05) is 0 Å². The van der Waals surface area contributed by atoms with Gasteiger partial charge in [0.25, 0.3) is 0 Å². The van der Waals surface area contributed by atoms with E-state index in [0.29, 0.717) is 0 Å². The van der Waals surface area contributed by atoms with Gasteiger partial charge >= 0.3 is 0 Å². The lowest BCUT2D eigenvalue weighted by molar-refractivity contribution is -0.122. The Morgan fingerprint density at radius 3 is 2.18 bits per heavy atom. The number of carbonyl (C=O) groups excluding carboxylic acids is 5. The molecule has 6 nitrogen and oxygen atoms in total. The Hall–Kier alpha value is -3.15. The molecule has 6 heteroatoms. The molecule has 0 saturated carbocycles. The molecule has 2 aliphatic carbocycles. The highest BCUT2D eigenvalue weighted by Gasteiger charge is 2.32. The summed E-state index contributed by atoms with van der Waals surface area (Å²) in [6.45, 7) is 4.80. The molecule has 0 amide bonds. The minimum atomic E-state index is -0.761. The topological polar surface area (TPSA) is 94.6 Å². The van der Waals surface area contributed by atoms with Crippen LogP contribution in [0.15, 0.2) is 59.6 Å². The first-order valence-electron chi connectivity index (χ1n) is 6.18. The summed E-state index contributed by atoms with van der Waals surface area (Å²) in [5, 5.41) is 0. The van der Waals surface area contributed by atoms with Gasteiger partial charge in [-0.25, -0.2) is 0 Å². The van der Waals surface area contributed by atoms with Gasteiger partial charge in [-0.1, -0.05) is 6.58 Å². The highest BCUT2D eigenvalue weighted by Crippen LogP contribution is 2.23. The number of ketones is 5. The van der Waals surface area contributed by atoms with E-state index in [0.717, 1.165) is 30.4 Å². The summed E-state index contributed by atoms with van der Waals surface area (Å²) in [6.07, 6.45) is 4.76. The zero-order chi connectivity index (χ0) is 16.4. The minimum Gasteiger partial charge on any atom is -0.448 e. The molecular formula is C16H10O6. The van der Waals surface area contributed by atoms with Crippen molar-refractivity contribution in [2.24, 2.45) is 0 Å². The summed E-state index contributed by atoms with van der Waals surface area (Å²) >= 11 is 0. The molecular weight excluding hydrogens is 288 g/mol. The smallest absolute Gasteiger partial charge is 0.222 e. The van der Waals surface area contributed by atoms with Crippen LogP contribution in [0.2, 0.25) is 0 Å². The fraction of sp³-hybridized carbons (Fsp3) is 0.0625. The zero-order valence-corrected chi connectivity index (χ0v) is 11.5. The van der Waals surface area contributed by atoms with E-state index in [-0.39, 0.29) is 5.57 Å². The van der Waals surface area contributed by atoms with Crippen LogP contribution in [0.5, 0.6) is 0 Å². The number of hydrogen-bond acceptors (Lipinski definition) is 6. The maximum absolute atomic E-state index is 12.0. The van der Waals surface area contributed by atoms with Gasteiger partial charge in [-0.3, -0.25) is 24.0 Å². The largest absolute Gasteiger partial charge is 0.448 e. The highest BCUT2D eigenvalue weighted by atomic mass is 16.5. The molecule has 110 valence electrons. The van der Waals surface area contributed by atoms with Gasteiger partial charge in [0.05, 0.1) is 0 Å². The molecule has 0 N–H and O–H groups in total. The lowest BCUT2D eigenvalue weighted by Gasteiger charge is -2.16. The van der Waals surface area contributed by atoms with Gasteiger partial charge in [0, 0.05) is 6.08 Å². The van der Waals surface area contributed by atoms with Gasteiger partial charge in [-0.2, -0.15) is 0 Å². The predicted octanol–water partition coefficient (Wildman–Crippen LogP) is 0.702. The molecule has 2 aliphatic rings. The van der Waals surface area contributed by atoms with Crippen molar-refractivity contribution in [3.63, 3.8) is 0 Å². The van der Waals surface area contributed by atoms with Crippen LogP contribution in [0.1, 0.15) is 6.92 Å². The number of rotatable bonds is 4. The van der Waals surface area contributed by atoms with Gasteiger partial charge in [0.1, 0.15) is 5.57 Å². The molecule has 0 unspecified atom stereocenters. The number of allylic oxidation sites excluding steroid dienone is 7. The van der Waals surface area contributed by atoms with Crippen LogP contribution in [-0.4, -0.2) is 28.9 Å². The van der Waals surface area contributed by atoms with Crippen molar-refractivity contribution in [1.29, 1.82) is 0 Å². The van der Waals surface area contributed by atoms with Crippen molar-refractivity contribution < 1.29 is 28.7 Å². The zero-order valence-electron chi connectivity index (χ0n) is 11.5. The number of carbonyl (C=O) groups is 5. The molecule has 22 heavy (non-hydrogen) atoms. The molecule has 0 spiro atoms. The molecule has 0 heterocycles. The Kier molecular flexibility index (Phi) is 3.94. The van der Waals surface area contributed by atoms with Gasteiger partial charge in [0.15, 0.2) is 28.9 Å². The molecule has 0 aromatic rings. The van der Waals surface area contributed by atoms with Crippen LogP contribution in [0.4, 0.5) is 0 Å². The van der Waals surface area contributed by atoms with E-state index in [1.165, 1.54) is 6.92 Å². The summed E-state index contributed by atoms with van der Waals surface area (Å²) in [6, 6.07) is 0. The molecule has 2 rings (SSSR count). The first kappa shape index (κ1) is 15.2. The Labute approximate surface area is 125 Å². The van der Waals surface area contributed by atoms with Crippen LogP contribution in [0.25, 0.3) is 0 Å². The van der Waals surface area contributed by atoms with E-state index >= 15 is 0 Å². The van der Waals surface area contributed by atoms with Crippen molar-refractivity contribution in [2.45, 2.75) is 6.92 Å². The van der Waals surface area contributed by atoms with E-state index in [4.69, 9.17) is 4.74 Å². The van der Waals surface area contributed by atoms with Gasteiger partial charge < -0.3 is 4.74 Å². The number of hydrogen-bond donors (Lipinski definition) is 0.